The number of sulfone groups is 1. The average Bonchev–Trinajstić information content (AvgIpc) is 3.29. The van der Waals surface area contributed by atoms with E-state index in [1.165, 1.54) is 35.3 Å². The summed E-state index contributed by atoms with van der Waals surface area (Å²) in [6.45, 7) is 0.682. The summed E-state index contributed by atoms with van der Waals surface area (Å²) in [5.74, 6) is -0.0426. The third kappa shape index (κ3) is 5.03. The summed E-state index contributed by atoms with van der Waals surface area (Å²) < 4.78 is 23.8. The number of rotatable bonds is 5. The highest BCUT2D eigenvalue weighted by Crippen LogP contribution is 2.31. The van der Waals surface area contributed by atoms with Gasteiger partial charge in [0.25, 0.3) is 0 Å². The van der Waals surface area contributed by atoms with Gasteiger partial charge in [-0.15, -0.1) is 11.3 Å². The first-order valence-electron chi connectivity index (χ1n) is 11.4. The van der Waals surface area contributed by atoms with Crippen molar-refractivity contribution >= 4 is 32.2 Å². The number of aryl methyl sites for hydroxylation is 2. The molecule has 1 N–H and O–H groups in total. The van der Waals surface area contributed by atoms with Crippen LogP contribution < -0.4 is 5.32 Å². The van der Waals surface area contributed by atoms with Crippen LogP contribution in [0.4, 0.5) is 5.13 Å². The fourth-order valence-corrected chi connectivity index (χ4v) is 6.63. The van der Waals surface area contributed by atoms with Gasteiger partial charge in [0, 0.05) is 24.0 Å². The molecule has 1 aromatic heterocycles. The molecular formula is C25H27N3O3S2. The quantitative estimate of drug-likeness (QED) is 0.594. The zero-order valence-corrected chi connectivity index (χ0v) is 20.0. The van der Waals surface area contributed by atoms with Crippen molar-refractivity contribution in [3.63, 3.8) is 0 Å². The first kappa shape index (κ1) is 22.3. The second kappa shape index (κ2) is 9.37. The maximum Gasteiger partial charge on any atom is 0.248 e. The van der Waals surface area contributed by atoms with Gasteiger partial charge in [0.15, 0.2) is 15.0 Å². The van der Waals surface area contributed by atoms with Crippen LogP contribution in [-0.4, -0.2) is 48.8 Å². The van der Waals surface area contributed by atoms with E-state index in [0.29, 0.717) is 18.2 Å². The van der Waals surface area contributed by atoms with E-state index in [-0.39, 0.29) is 17.4 Å². The third-order valence-electron chi connectivity index (χ3n) is 6.49. The molecule has 2 aliphatic rings. The maximum atomic E-state index is 13.4. The van der Waals surface area contributed by atoms with Crippen molar-refractivity contribution < 1.29 is 13.2 Å². The predicted octanol–water partition coefficient (Wildman–Crippen LogP) is 4.10. The van der Waals surface area contributed by atoms with Crippen molar-refractivity contribution in [2.45, 2.75) is 31.7 Å². The summed E-state index contributed by atoms with van der Waals surface area (Å²) in [5, 5.41) is 5.52. The molecule has 172 valence electrons. The molecule has 5 rings (SSSR count). The lowest BCUT2D eigenvalue weighted by atomic mass is 9.90. The third-order valence-corrected chi connectivity index (χ3v) is 8.85. The van der Waals surface area contributed by atoms with Crippen LogP contribution in [0.1, 0.15) is 35.6 Å². The van der Waals surface area contributed by atoms with E-state index < -0.39 is 15.9 Å². The van der Waals surface area contributed by atoms with Crippen LogP contribution in [0, 0.1) is 0 Å². The highest BCUT2D eigenvalue weighted by atomic mass is 32.2. The number of carbonyl (C=O) groups excluding carboxylic acids is 1. The molecule has 3 aromatic rings. The topological polar surface area (TPSA) is 79.4 Å². The van der Waals surface area contributed by atoms with Gasteiger partial charge in [0.2, 0.25) is 5.91 Å². The normalized spacial score (nSPS) is 18.9. The molecule has 0 spiro atoms. The molecule has 8 heteroatoms. The van der Waals surface area contributed by atoms with Crippen LogP contribution in [0.15, 0.2) is 53.9 Å². The number of hydrogen-bond donors (Lipinski definition) is 1. The zero-order chi connectivity index (χ0) is 22.8. The summed E-state index contributed by atoms with van der Waals surface area (Å²) in [6.07, 6.45) is 4.74. The minimum absolute atomic E-state index is 0.0728. The second-order valence-corrected chi connectivity index (χ2v) is 11.9. The van der Waals surface area contributed by atoms with Crippen LogP contribution in [0.2, 0.25) is 0 Å². The van der Waals surface area contributed by atoms with Gasteiger partial charge < -0.3 is 5.32 Å². The van der Waals surface area contributed by atoms with Crippen LogP contribution in [0.25, 0.3) is 11.3 Å². The molecule has 1 unspecified atom stereocenters. The molecule has 1 amide bonds. The van der Waals surface area contributed by atoms with Crippen molar-refractivity contribution in [1.82, 2.24) is 9.88 Å². The number of anilines is 1. The minimum atomic E-state index is -3.03. The lowest BCUT2D eigenvalue weighted by Crippen LogP contribution is -2.46. The van der Waals surface area contributed by atoms with Gasteiger partial charge in [-0.2, -0.15) is 0 Å². The smallest absolute Gasteiger partial charge is 0.248 e. The standard InChI is InChI=1S/C25H27N3O3S2/c29-24(23(19-7-2-1-3-8-19)28-12-14-33(30,31)15-13-28)27-25-26-22(17-32-25)21-11-10-18-6-4-5-9-20(18)16-21/h1-3,7-8,10-11,16-17,23H,4-6,9,12-15H2,(H,26,27,29). The van der Waals surface area contributed by atoms with Gasteiger partial charge in [-0.05, 0) is 48.4 Å². The molecular weight excluding hydrogens is 454 g/mol. The average molecular weight is 482 g/mol. The number of nitrogens with one attached hydrogen (secondary N) is 1. The molecule has 1 aliphatic carbocycles. The van der Waals surface area contributed by atoms with E-state index in [9.17, 15) is 13.2 Å². The van der Waals surface area contributed by atoms with Crippen LogP contribution in [-0.2, 0) is 27.5 Å². The lowest BCUT2D eigenvalue weighted by Gasteiger charge is -2.33. The van der Waals surface area contributed by atoms with Crippen molar-refractivity contribution in [2.75, 3.05) is 29.9 Å². The zero-order valence-electron chi connectivity index (χ0n) is 18.4. The van der Waals surface area contributed by atoms with Crippen molar-refractivity contribution in [3.05, 3.63) is 70.6 Å². The molecule has 1 fully saturated rings. The Labute approximate surface area is 198 Å². The summed E-state index contributed by atoms with van der Waals surface area (Å²) >= 11 is 1.41. The Balaban J connectivity index is 1.35. The molecule has 1 saturated heterocycles. The predicted molar refractivity (Wildman–Crippen MR) is 132 cm³/mol. The number of aromatic nitrogens is 1. The monoisotopic (exact) mass is 481 g/mol. The Morgan fingerprint density at radius 1 is 1.00 bits per heavy atom. The van der Waals surface area contributed by atoms with E-state index in [1.807, 2.05) is 40.6 Å². The summed E-state index contributed by atoms with van der Waals surface area (Å²) in [6, 6.07) is 15.5. The Bertz CT molecular complexity index is 1240. The Hall–Kier alpha value is -2.55. The number of thiazole rings is 1. The fraction of sp³-hybridized carbons (Fsp3) is 0.360. The summed E-state index contributed by atoms with van der Waals surface area (Å²) in [4.78, 5) is 20.0. The van der Waals surface area contributed by atoms with Gasteiger partial charge >= 0.3 is 0 Å². The summed E-state index contributed by atoms with van der Waals surface area (Å²) in [5.41, 5.74) is 5.63. The van der Waals surface area contributed by atoms with Gasteiger partial charge in [-0.25, -0.2) is 13.4 Å². The highest BCUT2D eigenvalue weighted by Gasteiger charge is 2.33. The van der Waals surface area contributed by atoms with E-state index >= 15 is 0 Å². The lowest BCUT2D eigenvalue weighted by molar-refractivity contribution is -0.121. The van der Waals surface area contributed by atoms with Gasteiger partial charge in [-0.1, -0.05) is 42.5 Å². The van der Waals surface area contributed by atoms with Crippen LogP contribution in [0.5, 0.6) is 0 Å². The first-order valence-corrected chi connectivity index (χ1v) is 14.1. The van der Waals surface area contributed by atoms with E-state index in [4.69, 9.17) is 0 Å². The van der Waals surface area contributed by atoms with Crippen LogP contribution in [0.3, 0.4) is 0 Å². The summed E-state index contributed by atoms with van der Waals surface area (Å²) in [7, 11) is -3.03. The molecule has 0 bridgehead atoms. The van der Waals surface area contributed by atoms with E-state index in [1.54, 1.807) is 0 Å². The maximum absolute atomic E-state index is 13.4. The molecule has 33 heavy (non-hydrogen) atoms. The fourth-order valence-electron chi connectivity index (χ4n) is 4.68. The minimum Gasteiger partial charge on any atom is -0.300 e. The van der Waals surface area contributed by atoms with Crippen molar-refractivity contribution in [2.24, 2.45) is 0 Å². The largest absolute Gasteiger partial charge is 0.300 e. The number of nitrogens with zero attached hydrogens (tertiary/aromatic N) is 2. The SMILES string of the molecule is O=C(Nc1nc(-c2ccc3c(c2)CCCC3)cs1)C(c1ccccc1)N1CCS(=O)(=O)CC1. The molecule has 1 atom stereocenters. The Morgan fingerprint density at radius 3 is 2.48 bits per heavy atom. The Kier molecular flexibility index (Phi) is 6.32. The van der Waals surface area contributed by atoms with Crippen molar-refractivity contribution in [1.29, 1.82) is 0 Å². The molecule has 0 radical (unpaired) electrons. The molecule has 1 aliphatic heterocycles. The molecule has 6 nitrogen and oxygen atoms in total. The molecule has 2 heterocycles. The number of carbonyl (C=O) groups is 1. The first-order chi connectivity index (χ1) is 16.0. The number of benzene rings is 2. The number of amides is 1. The number of hydrogen-bond acceptors (Lipinski definition) is 6. The van der Waals surface area contributed by atoms with E-state index in [0.717, 1.165) is 29.7 Å². The number of fused-ring (bicyclic) bond motifs is 1. The van der Waals surface area contributed by atoms with Gasteiger partial charge in [-0.3, -0.25) is 9.69 Å². The van der Waals surface area contributed by atoms with Gasteiger partial charge in [0.05, 0.1) is 17.2 Å². The molecule has 0 saturated carbocycles. The van der Waals surface area contributed by atoms with Crippen LogP contribution >= 0.6 is 11.3 Å². The molecule has 2 aromatic carbocycles. The second-order valence-electron chi connectivity index (χ2n) is 8.72. The Morgan fingerprint density at radius 2 is 1.73 bits per heavy atom. The van der Waals surface area contributed by atoms with E-state index in [2.05, 4.69) is 28.5 Å². The highest BCUT2D eigenvalue weighted by molar-refractivity contribution is 7.91. The van der Waals surface area contributed by atoms with Crippen molar-refractivity contribution in [3.8, 4) is 11.3 Å². The van der Waals surface area contributed by atoms with Gasteiger partial charge in [0.1, 0.15) is 6.04 Å².